The number of rotatable bonds is 7. The molecule has 0 radical (unpaired) electrons. The van der Waals surface area contributed by atoms with E-state index in [1.165, 1.54) is 30.7 Å². The topological polar surface area (TPSA) is 48.9 Å². The van der Waals surface area contributed by atoms with Gasteiger partial charge in [0.15, 0.2) is 5.96 Å². The molecule has 1 aromatic carbocycles. The third kappa shape index (κ3) is 5.22. The molecule has 2 fully saturated rings. The molecule has 6 heteroatoms. The zero-order valence-corrected chi connectivity index (χ0v) is 16.9. The van der Waals surface area contributed by atoms with Gasteiger partial charge >= 0.3 is 0 Å². The molecule has 0 aromatic heterocycles. The lowest BCUT2D eigenvalue weighted by Gasteiger charge is -2.21. The lowest BCUT2D eigenvalue weighted by atomic mass is 10.1. The van der Waals surface area contributed by atoms with E-state index in [0.717, 1.165) is 49.7 Å². The van der Waals surface area contributed by atoms with E-state index in [2.05, 4.69) is 46.4 Å². The van der Waals surface area contributed by atoms with Gasteiger partial charge < -0.3 is 20.3 Å². The Morgan fingerprint density at radius 1 is 1.31 bits per heavy atom. The molecule has 2 heterocycles. The normalized spacial score (nSPS) is 23.3. The van der Waals surface area contributed by atoms with Gasteiger partial charge in [-0.1, -0.05) is 12.1 Å². The summed E-state index contributed by atoms with van der Waals surface area (Å²) in [5.74, 6) is 3.83. The van der Waals surface area contributed by atoms with Crippen LogP contribution < -0.4 is 20.3 Å². The molecule has 1 aromatic rings. The number of ether oxygens (including phenoxy) is 1. The fourth-order valence-corrected chi connectivity index (χ4v) is 4.87. The third-order valence-corrected chi connectivity index (χ3v) is 6.48. The first kappa shape index (κ1) is 19.2. The smallest absolute Gasteiger partial charge is 0.191 e. The highest BCUT2D eigenvalue weighted by atomic mass is 32.2. The number of benzene rings is 1. The largest absolute Gasteiger partial charge is 0.495 e. The summed E-state index contributed by atoms with van der Waals surface area (Å²) in [5, 5.41) is 7.66. The number of thioether (sulfide) groups is 1. The van der Waals surface area contributed by atoms with Crippen LogP contribution in [0.25, 0.3) is 0 Å². The number of hydrogen-bond acceptors (Lipinski definition) is 4. The quantitative estimate of drug-likeness (QED) is 0.566. The summed E-state index contributed by atoms with van der Waals surface area (Å²) in [6, 6.07) is 8.29. The average molecular weight is 377 g/mol. The van der Waals surface area contributed by atoms with Crippen molar-refractivity contribution < 1.29 is 4.74 Å². The van der Waals surface area contributed by atoms with Crippen LogP contribution >= 0.6 is 11.8 Å². The molecule has 0 spiro atoms. The Morgan fingerprint density at radius 3 is 2.96 bits per heavy atom. The highest BCUT2D eigenvalue weighted by molar-refractivity contribution is 8.00. The fraction of sp³-hybridized carbons (Fsp3) is 0.650. The number of para-hydroxylation sites is 2. The molecule has 2 N–H and O–H groups in total. The third-order valence-electron chi connectivity index (χ3n) is 5.08. The summed E-state index contributed by atoms with van der Waals surface area (Å²) in [6.07, 6.45) is 3.86. The molecule has 144 valence electrons. The van der Waals surface area contributed by atoms with Gasteiger partial charge in [-0.3, -0.25) is 4.99 Å². The lowest BCUT2D eigenvalue weighted by molar-refractivity contribution is 0.414. The fourth-order valence-electron chi connectivity index (χ4n) is 3.67. The maximum absolute atomic E-state index is 5.51. The summed E-state index contributed by atoms with van der Waals surface area (Å²) in [5.41, 5.74) is 1.20. The summed E-state index contributed by atoms with van der Waals surface area (Å²) in [7, 11) is 1.74. The molecule has 2 saturated heterocycles. The van der Waals surface area contributed by atoms with Crippen molar-refractivity contribution in [3.63, 3.8) is 0 Å². The van der Waals surface area contributed by atoms with E-state index in [0.29, 0.717) is 5.92 Å². The maximum atomic E-state index is 5.51. The van der Waals surface area contributed by atoms with Gasteiger partial charge in [0.05, 0.1) is 12.8 Å². The van der Waals surface area contributed by atoms with Gasteiger partial charge in [0.1, 0.15) is 5.75 Å². The molecule has 2 atom stereocenters. The summed E-state index contributed by atoms with van der Waals surface area (Å²) in [4.78, 5) is 7.28. The molecule has 2 aliphatic heterocycles. The zero-order chi connectivity index (χ0) is 18.2. The Kier molecular flexibility index (Phi) is 7.35. The molecule has 2 aliphatic rings. The van der Waals surface area contributed by atoms with Crippen molar-refractivity contribution in [3.05, 3.63) is 24.3 Å². The standard InChI is InChI=1S/C20H32N4OS/c1-3-21-20(23-14-17-7-6-12-26-17)22-13-16-10-11-24(15-16)18-8-4-5-9-19(18)25-2/h4-5,8-9,16-17H,3,6-7,10-15H2,1-2H3,(H2,21,22,23). The van der Waals surface area contributed by atoms with E-state index < -0.39 is 0 Å². The van der Waals surface area contributed by atoms with E-state index in [1.54, 1.807) is 7.11 Å². The summed E-state index contributed by atoms with van der Waals surface area (Å²) < 4.78 is 5.51. The van der Waals surface area contributed by atoms with Gasteiger partial charge in [-0.2, -0.15) is 11.8 Å². The minimum Gasteiger partial charge on any atom is -0.495 e. The van der Waals surface area contributed by atoms with Crippen LogP contribution in [0.4, 0.5) is 5.69 Å². The minimum atomic E-state index is 0.594. The van der Waals surface area contributed by atoms with Crippen molar-refractivity contribution in [1.82, 2.24) is 10.6 Å². The molecule has 0 bridgehead atoms. The molecule has 0 saturated carbocycles. The van der Waals surface area contributed by atoms with Crippen LogP contribution in [0.2, 0.25) is 0 Å². The van der Waals surface area contributed by atoms with Crippen molar-refractivity contribution in [2.24, 2.45) is 10.9 Å². The zero-order valence-electron chi connectivity index (χ0n) is 16.0. The van der Waals surface area contributed by atoms with Gasteiger partial charge in [0.25, 0.3) is 0 Å². The second kappa shape index (κ2) is 9.95. The highest BCUT2D eigenvalue weighted by Gasteiger charge is 2.24. The van der Waals surface area contributed by atoms with Gasteiger partial charge in [-0.15, -0.1) is 0 Å². The number of hydrogen-bond donors (Lipinski definition) is 2. The van der Waals surface area contributed by atoms with Crippen molar-refractivity contribution in [3.8, 4) is 5.75 Å². The van der Waals surface area contributed by atoms with E-state index >= 15 is 0 Å². The van der Waals surface area contributed by atoms with Crippen LogP contribution in [0.15, 0.2) is 29.3 Å². The molecule has 3 rings (SSSR count). The minimum absolute atomic E-state index is 0.594. The van der Waals surface area contributed by atoms with E-state index in [-0.39, 0.29) is 0 Å². The number of anilines is 1. The Balaban J connectivity index is 1.51. The van der Waals surface area contributed by atoms with Crippen LogP contribution in [0.5, 0.6) is 5.75 Å². The number of methoxy groups -OCH3 is 1. The predicted molar refractivity (Wildman–Crippen MR) is 113 cm³/mol. The van der Waals surface area contributed by atoms with E-state index in [4.69, 9.17) is 9.73 Å². The first-order valence-corrected chi connectivity index (χ1v) is 10.9. The van der Waals surface area contributed by atoms with Gasteiger partial charge in [0.2, 0.25) is 0 Å². The SMILES string of the molecule is CCNC(=NCC1CCN(c2ccccc2OC)C1)NCC1CCCS1. The monoisotopic (exact) mass is 376 g/mol. The molecule has 5 nitrogen and oxygen atoms in total. The van der Waals surface area contributed by atoms with Crippen LogP contribution in [0.1, 0.15) is 26.2 Å². The highest BCUT2D eigenvalue weighted by Crippen LogP contribution is 2.32. The Morgan fingerprint density at radius 2 is 2.19 bits per heavy atom. The van der Waals surface area contributed by atoms with Gasteiger partial charge in [-0.05, 0) is 50.0 Å². The molecule has 0 amide bonds. The van der Waals surface area contributed by atoms with Crippen LogP contribution in [0, 0.1) is 5.92 Å². The summed E-state index contributed by atoms with van der Waals surface area (Å²) >= 11 is 2.08. The van der Waals surface area contributed by atoms with Gasteiger partial charge in [0, 0.05) is 38.0 Å². The number of nitrogens with zero attached hydrogens (tertiary/aromatic N) is 2. The molecule has 26 heavy (non-hydrogen) atoms. The molecular formula is C20H32N4OS. The molecule has 0 aliphatic carbocycles. The Bertz CT molecular complexity index is 589. The summed E-state index contributed by atoms with van der Waals surface area (Å²) in [6.45, 7) is 7.04. The molecular weight excluding hydrogens is 344 g/mol. The Labute approximate surface area is 162 Å². The van der Waals surface area contributed by atoms with Crippen LogP contribution in [0.3, 0.4) is 0 Å². The number of nitrogens with one attached hydrogen (secondary N) is 2. The van der Waals surface area contributed by atoms with Crippen molar-refractivity contribution in [2.45, 2.75) is 31.4 Å². The van der Waals surface area contributed by atoms with Crippen molar-refractivity contribution in [2.75, 3.05) is 50.5 Å². The van der Waals surface area contributed by atoms with Crippen molar-refractivity contribution in [1.29, 1.82) is 0 Å². The second-order valence-corrected chi connectivity index (χ2v) is 8.42. The lowest BCUT2D eigenvalue weighted by Crippen LogP contribution is -2.40. The second-order valence-electron chi connectivity index (χ2n) is 7.01. The van der Waals surface area contributed by atoms with Crippen molar-refractivity contribution >= 4 is 23.4 Å². The average Bonchev–Trinajstić information content (AvgIpc) is 3.36. The Hall–Kier alpha value is -1.56. The van der Waals surface area contributed by atoms with E-state index in [9.17, 15) is 0 Å². The number of guanidine groups is 1. The first-order valence-electron chi connectivity index (χ1n) is 9.82. The van der Waals surface area contributed by atoms with E-state index in [1.807, 2.05) is 12.1 Å². The van der Waals surface area contributed by atoms with Crippen LogP contribution in [-0.4, -0.2) is 56.8 Å². The first-order chi connectivity index (χ1) is 12.8. The maximum Gasteiger partial charge on any atom is 0.191 e. The molecule has 2 unspecified atom stereocenters. The number of aliphatic imine (C=N–C) groups is 1. The van der Waals surface area contributed by atoms with Crippen LogP contribution in [-0.2, 0) is 0 Å². The van der Waals surface area contributed by atoms with Gasteiger partial charge in [-0.25, -0.2) is 0 Å². The predicted octanol–water partition coefficient (Wildman–Crippen LogP) is 2.97.